The molecule has 0 saturated carbocycles. The van der Waals surface area contributed by atoms with Gasteiger partial charge in [-0.05, 0) is 43.7 Å². The number of hydrogen-bond acceptors (Lipinski definition) is 4. The van der Waals surface area contributed by atoms with Crippen molar-refractivity contribution in [3.63, 3.8) is 0 Å². The van der Waals surface area contributed by atoms with E-state index in [1.807, 2.05) is 44.2 Å². The molecule has 0 fully saturated rings. The molecule has 0 bridgehead atoms. The molecule has 2 aromatic carbocycles. The van der Waals surface area contributed by atoms with Gasteiger partial charge in [0.25, 0.3) is 5.56 Å². The second kappa shape index (κ2) is 8.99. The summed E-state index contributed by atoms with van der Waals surface area (Å²) in [4.78, 5) is 25.2. The lowest BCUT2D eigenvalue weighted by atomic mass is 10.1. The average Bonchev–Trinajstić information content (AvgIpc) is 2.72. The van der Waals surface area contributed by atoms with Gasteiger partial charge in [0.15, 0.2) is 0 Å². The first kappa shape index (κ1) is 19.4. The highest BCUT2D eigenvalue weighted by Gasteiger charge is 2.21. The summed E-state index contributed by atoms with van der Waals surface area (Å²) in [6, 6.07) is 19.1. The van der Waals surface area contributed by atoms with Crippen molar-refractivity contribution in [2.24, 2.45) is 0 Å². The van der Waals surface area contributed by atoms with Crippen LogP contribution >= 0.6 is 0 Å². The first-order chi connectivity index (χ1) is 13.6. The van der Waals surface area contributed by atoms with Crippen LogP contribution in [-0.4, -0.2) is 22.3 Å². The number of benzene rings is 2. The molecule has 3 rings (SSSR count). The zero-order chi connectivity index (χ0) is 19.9. The summed E-state index contributed by atoms with van der Waals surface area (Å²) in [5.41, 5.74) is 1.86. The fourth-order valence-corrected chi connectivity index (χ4v) is 2.91. The van der Waals surface area contributed by atoms with E-state index in [0.29, 0.717) is 24.4 Å². The molecule has 0 aliphatic rings. The minimum absolute atomic E-state index is 0.286. The standard InChI is InChI=1S/C22H23N3O3/c1-3-20(22(27)23-17-10-12-18(13-11-17)28-4-2)25-21(26)15-14-19(24-25)16-8-6-5-7-9-16/h5-15,20H,3-4H2,1-2H3,(H,23,27)/t20-/m1/s1. The molecule has 1 atom stereocenters. The van der Waals surface area contributed by atoms with E-state index >= 15 is 0 Å². The Kier molecular flexibility index (Phi) is 6.22. The van der Waals surface area contributed by atoms with Gasteiger partial charge in [-0.2, -0.15) is 5.10 Å². The fourth-order valence-electron chi connectivity index (χ4n) is 2.91. The number of amides is 1. The molecule has 1 N–H and O–H groups in total. The SMILES string of the molecule is CCOc1ccc(NC(=O)[C@@H](CC)n2nc(-c3ccccc3)ccc2=O)cc1. The third kappa shape index (κ3) is 4.46. The second-order valence-electron chi connectivity index (χ2n) is 6.24. The second-order valence-corrected chi connectivity index (χ2v) is 6.24. The van der Waals surface area contributed by atoms with E-state index in [1.54, 1.807) is 30.3 Å². The van der Waals surface area contributed by atoms with E-state index in [9.17, 15) is 9.59 Å². The number of nitrogens with one attached hydrogen (secondary N) is 1. The van der Waals surface area contributed by atoms with Crippen LogP contribution in [0, 0.1) is 0 Å². The average molecular weight is 377 g/mol. The molecule has 0 spiro atoms. The summed E-state index contributed by atoms with van der Waals surface area (Å²) in [6.45, 7) is 4.34. The van der Waals surface area contributed by atoms with Gasteiger partial charge in [-0.15, -0.1) is 0 Å². The van der Waals surface area contributed by atoms with Gasteiger partial charge in [-0.25, -0.2) is 4.68 Å². The quantitative estimate of drug-likeness (QED) is 0.678. The highest BCUT2D eigenvalue weighted by molar-refractivity contribution is 5.93. The van der Waals surface area contributed by atoms with E-state index in [2.05, 4.69) is 10.4 Å². The smallest absolute Gasteiger partial charge is 0.267 e. The van der Waals surface area contributed by atoms with Gasteiger partial charge < -0.3 is 10.1 Å². The van der Waals surface area contributed by atoms with Crippen molar-refractivity contribution < 1.29 is 9.53 Å². The first-order valence-corrected chi connectivity index (χ1v) is 9.31. The van der Waals surface area contributed by atoms with Crippen molar-refractivity contribution in [1.82, 2.24) is 9.78 Å². The van der Waals surface area contributed by atoms with E-state index in [0.717, 1.165) is 11.3 Å². The lowest BCUT2D eigenvalue weighted by molar-refractivity contribution is -0.119. The monoisotopic (exact) mass is 377 g/mol. The van der Waals surface area contributed by atoms with Gasteiger partial charge >= 0.3 is 0 Å². The number of aromatic nitrogens is 2. The number of carbonyl (C=O) groups is 1. The van der Waals surface area contributed by atoms with Gasteiger partial charge in [0, 0.05) is 17.3 Å². The first-order valence-electron chi connectivity index (χ1n) is 9.31. The largest absolute Gasteiger partial charge is 0.494 e. The van der Waals surface area contributed by atoms with Gasteiger partial charge in [-0.1, -0.05) is 37.3 Å². The molecule has 0 radical (unpaired) electrons. The lowest BCUT2D eigenvalue weighted by Gasteiger charge is -2.17. The summed E-state index contributed by atoms with van der Waals surface area (Å²) in [5, 5.41) is 7.29. The highest BCUT2D eigenvalue weighted by atomic mass is 16.5. The molecule has 144 valence electrons. The Morgan fingerprint density at radius 3 is 2.39 bits per heavy atom. The molecule has 0 unspecified atom stereocenters. The van der Waals surface area contributed by atoms with Crippen LogP contribution in [0.4, 0.5) is 5.69 Å². The summed E-state index contributed by atoms with van der Waals surface area (Å²) < 4.78 is 6.66. The molecule has 28 heavy (non-hydrogen) atoms. The van der Waals surface area contributed by atoms with E-state index < -0.39 is 6.04 Å². The van der Waals surface area contributed by atoms with Crippen LogP contribution in [0.3, 0.4) is 0 Å². The Labute approximate surface area is 163 Å². The Morgan fingerprint density at radius 2 is 1.75 bits per heavy atom. The highest BCUT2D eigenvalue weighted by Crippen LogP contribution is 2.19. The molecule has 6 nitrogen and oxygen atoms in total. The molecule has 0 aliphatic carbocycles. The van der Waals surface area contributed by atoms with Crippen LogP contribution in [0.1, 0.15) is 26.3 Å². The zero-order valence-corrected chi connectivity index (χ0v) is 16.0. The number of anilines is 1. The maximum Gasteiger partial charge on any atom is 0.267 e. The molecule has 6 heteroatoms. The maximum absolute atomic E-state index is 12.8. The minimum atomic E-state index is -0.706. The lowest BCUT2D eigenvalue weighted by Crippen LogP contribution is -2.34. The van der Waals surface area contributed by atoms with Crippen LogP contribution in [0.2, 0.25) is 0 Å². The van der Waals surface area contributed by atoms with Crippen LogP contribution in [0.25, 0.3) is 11.3 Å². The number of rotatable bonds is 7. The van der Waals surface area contributed by atoms with Crippen molar-refractivity contribution in [3.8, 4) is 17.0 Å². The predicted molar refractivity (Wildman–Crippen MR) is 110 cm³/mol. The summed E-state index contributed by atoms with van der Waals surface area (Å²) >= 11 is 0. The maximum atomic E-state index is 12.8. The summed E-state index contributed by atoms with van der Waals surface area (Å²) in [5.74, 6) is 0.451. The molecule has 0 saturated heterocycles. The summed E-state index contributed by atoms with van der Waals surface area (Å²) in [7, 11) is 0. The molecule has 1 heterocycles. The van der Waals surface area contributed by atoms with Crippen LogP contribution in [0.5, 0.6) is 5.75 Å². The molecule has 1 amide bonds. The number of hydrogen-bond donors (Lipinski definition) is 1. The normalized spacial score (nSPS) is 11.6. The van der Waals surface area contributed by atoms with Gasteiger partial charge in [0.05, 0.1) is 12.3 Å². The van der Waals surface area contributed by atoms with E-state index in [1.165, 1.54) is 10.7 Å². The van der Waals surface area contributed by atoms with Crippen molar-refractivity contribution in [2.45, 2.75) is 26.3 Å². The Morgan fingerprint density at radius 1 is 1.04 bits per heavy atom. The van der Waals surface area contributed by atoms with Crippen molar-refractivity contribution in [3.05, 3.63) is 77.1 Å². The molecular formula is C22H23N3O3. The van der Waals surface area contributed by atoms with Crippen molar-refractivity contribution >= 4 is 11.6 Å². The fraction of sp³-hybridized carbons (Fsp3) is 0.227. The van der Waals surface area contributed by atoms with Crippen molar-refractivity contribution in [2.75, 3.05) is 11.9 Å². The van der Waals surface area contributed by atoms with Crippen LogP contribution < -0.4 is 15.6 Å². The van der Waals surface area contributed by atoms with E-state index in [4.69, 9.17) is 4.74 Å². The van der Waals surface area contributed by atoms with Gasteiger partial charge in [0.1, 0.15) is 11.8 Å². The van der Waals surface area contributed by atoms with Gasteiger partial charge in [-0.3, -0.25) is 9.59 Å². The number of nitrogens with zero attached hydrogens (tertiary/aromatic N) is 2. The topological polar surface area (TPSA) is 73.2 Å². The third-order valence-electron chi connectivity index (χ3n) is 4.31. The molecule has 3 aromatic rings. The zero-order valence-electron chi connectivity index (χ0n) is 16.0. The summed E-state index contributed by atoms with van der Waals surface area (Å²) in [6.07, 6.45) is 0.439. The van der Waals surface area contributed by atoms with E-state index in [-0.39, 0.29) is 11.5 Å². The minimum Gasteiger partial charge on any atom is -0.494 e. The van der Waals surface area contributed by atoms with Crippen molar-refractivity contribution in [1.29, 1.82) is 0 Å². The van der Waals surface area contributed by atoms with Crippen LogP contribution in [-0.2, 0) is 4.79 Å². The molecular weight excluding hydrogens is 354 g/mol. The third-order valence-corrected chi connectivity index (χ3v) is 4.31. The Bertz CT molecular complexity index is 982. The Hall–Kier alpha value is -3.41. The van der Waals surface area contributed by atoms with Gasteiger partial charge in [0.2, 0.25) is 5.91 Å². The molecule has 1 aromatic heterocycles. The number of ether oxygens (including phenoxy) is 1. The Balaban J connectivity index is 1.84. The molecule has 0 aliphatic heterocycles. The number of carbonyl (C=O) groups excluding carboxylic acids is 1. The van der Waals surface area contributed by atoms with Crippen LogP contribution in [0.15, 0.2) is 71.5 Å². The predicted octanol–water partition coefficient (Wildman–Crippen LogP) is 3.90.